The monoisotopic (exact) mass is 490 g/mol. The van der Waals surface area contributed by atoms with Crippen molar-refractivity contribution in [3.05, 3.63) is 53.1 Å². The van der Waals surface area contributed by atoms with Gasteiger partial charge in [-0.25, -0.2) is 4.79 Å². The van der Waals surface area contributed by atoms with Crippen molar-refractivity contribution < 1.29 is 19.1 Å². The Labute approximate surface area is 209 Å². The van der Waals surface area contributed by atoms with E-state index in [0.29, 0.717) is 49.3 Å². The lowest BCUT2D eigenvalue weighted by molar-refractivity contribution is -0.117. The largest absolute Gasteiger partial charge is 0.491 e. The average molecular weight is 491 g/mol. The van der Waals surface area contributed by atoms with Gasteiger partial charge in [-0.05, 0) is 50.6 Å². The Morgan fingerprint density at radius 3 is 2.53 bits per heavy atom. The summed E-state index contributed by atoms with van der Waals surface area (Å²) in [6.45, 7) is 8.60. The maximum Gasteiger partial charge on any atom is 0.410 e. The summed E-state index contributed by atoms with van der Waals surface area (Å²) in [7, 11) is 0. The molecular weight excluding hydrogens is 460 g/mol. The summed E-state index contributed by atoms with van der Waals surface area (Å²) in [4.78, 5) is 26.7. The normalized spacial score (nSPS) is 18.4. The maximum atomic E-state index is 12.4. The van der Waals surface area contributed by atoms with Crippen LogP contribution in [0.25, 0.3) is 11.0 Å². The zero-order chi connectivity index (χ0) is 25.7. The Morgan fingerprint density at radius 2 is 1.86 bits per heavy atom. The molecule has 3 aromatic rings. The SMILES string of the molecule is CC(C)Oc1cc(C#N)ccc1COC(=O)N1CC2CN(C=O)CC2C1.Cc1ccc2n[nH]nc2c1. The number of amides is 2. The van der Waals surface area contributed by atoms with Gasteiger partial charge in [0.1, 0.15) is 23.4 Å². The van der Waals surface area contributed by atoms with Crippen LogP contribution in [0.4, 0.5) is 4.79 Å². The summed E-state index contributed by atoms with van der Waals surface area (Å²) in [6.07, 6.45) is 0.483. The molecule has 0 bridgehead atoms. The van der Waals surface area contributed by atoms with Crippen LogP contribution in [0, 0.1) is 30.1 Å². The third-order valence-electron chi connectivity index (χ3n) is 6.30. The van der Waals surface area contributed by atoms with Gasteiger partial charge in [0.2, 0.25) is 6.41 Å². The summed E-state index contributed by atoms with van der Waals surface area (Å²) < 4.78 is 11.2. The van der Waals surface area contributed by atoms with Crippen molar-refractivity contribution in [1.82, 2.24) is 25.2 Å². The Bertz CT molecular complexity index is 1250. The number of carbonyl (C=O) groups is 2. The second kappa shape index (κ2) is 11.1. The molecule has 10 heteroatoms. The smallest absolute Gasteiger partial charge is 0.410 e. The van der Waals surface area contributed by atoms with Gasteiger partial charge >= 0.3 is 6.09 Å². The second-order valence-electron chi connectivity index (χ2n) is 9.46. The van der Waals surface area contributed by atoms with Gasteiger partial charge in [-0.2, -0.15) is 20.7 Å². The van der Waals surface area contributed by atoms with Gasteiger partial charge in [-0.3, -0.25) is 4.79 Å². The second-order valence-corrected chi connectivity index (χ2v) is 9.46. The van der Waals surface area contributed by atoms with E-state index in [2.05, 4.69) is 21.5 Å². The molecule has 0 radical (unpaired) electrons. The van der Waals surface area contributed by atoms with Crippen LogP contribution in [0.5, 0.6) is 5.75 Å². The number of rotatable bonds is 5. The van der Waals surface area contributed by atoms with Crippen LogP contribution >= 0.6 is 0 Å². The molecule has 0 aliphatic carbocycles. The van der Waals surface area contributed by atoms with E-state index in [-0.39, 0.29) is 18.8 Å². The molecule has 10 nitrogen and oxygen atoms in total. The van der Waals surface area contributed by atoms with E-state index >= 15 is 0 Å². The quantitative estimate of drug-likeness (QED) is 0.544. The van der Waals surface area contributed by atoms with Crippen LogP contribution in [0.15, 0.2) is 36.4 Å². The molecule has 1 N–H and O–H groups in total. The van der Waals surface area contributed by atoms with E-state index in [0.717, 1.165) is 23.0 Å². The molecule has 188 valence electrons. The van der Waals surface area contributed by atoms with E-state index in [9.17, 15) is 9.59 Å². The maximum absolute atomic E-state index is 12.4. The van der Waals surface area contributed by atoms with Gasteiger partial charge < -0.3 is 19.3 Å². The number of nitrogens with one attached hydrogen (secondary N) is 1. The molecule has 3 heterocycles. The Hall–Kier alpha value is -4.13. The predicted molar refractivity (Wildman–Crippen MR) is 132 cm³/mol. The van der Waals surface area contributed by atoms with Crippen LogP contribution in [0.1, 0.15) is 30.5 Å². The van der Waals surface area contributed by atoms with E-state index in [1.165, 1.54) is 5.56 Å². The summed E-state index contributed by atoms with van der Waals surface area (Å²) >= 11 is 0. The molecule has 2 amide bonds. The molecule has 0 saturated carbocycles. The number of H-pyrrole nitrogens is 1. The third kappa shape index (κ3) is 5.92. The molecule has 2 saturated heterocycles. The molecule has 2 atom stereocenters. The number of aryl methyl sites for hydroxylation is 1. The van der Waals surface area contributed by atoms with Crippen LogP contribution < -0.4 is 4.74 Å². The topological polar surface area (TPSA) is 124 Å². The van der Waals surface area contributed by atoms with Crippen molar-refractivity contribution in [2.75, 3.05) is 26.2 Å². The van der Waals surface area contributed by atoms with Crippen molar-refractivity contribution in [2.24, 2.45) is 11.8 Å². The highest BCUT2D eigenvalue weighted by Gasteiger charge is 2.41. The molecule has 36 heavy (non-hydrogen) atoms. The van der Waals surface area contributed by atoms with Crippen molar-refractivity contribution in [1.29, 1.82) is 5.26 Å². The number of hydrogen-bond donors (Lipinski definition) is 1. The molecule has 5 rings (SSSR count). The van der Waals surface area contributed by atoms with Gasteiger partial charge in [0.25, 0.3) is 0 Å². The lowest BCUT2D eigenvalue weighted by atomic mass is 10.0. The van der Waals surface area contributed by atoms with Crippen LogP contribution in [0.3, 0.4) is 0 Å². The highest BCUT2D eigenvalue weighted by atomic mass is 16.6. The summed E-state index contributed by atoms with van der Waals surface area (Å²) in [5.41, 5.74) is 4.30. The third-order valence-corrected chi connectivity index (χ3v) is 6.30. The molecule has 2 aliphatic rings. The van der Waals surface area contributed by atoms with Gasteiger partial charge in [0, 0.05) is 43.6 Å². The summed E-state index contributed by atoms with van der Waals surface area (Å²) in [5, 5.41) is 19.5. The number of aromatic amines is 1. The molecule has 2 unspecified atom stereocenters. The number of benzene rings is 2. The minimum atomic E-state index is -0.350. The first-order valence-electron chi connectivity index (χ1n) is 11.9. The van der Waals surface area contributed by atoms with Crippen LogP contribution in [-0.2, 0) is 16.1 Å². The van der Waals surface area contributed by atoms with E-state index in [1.807, 2.05) is 39.0 Å². The first-order chi connectivity index (χ1) is 17.4. The van der Waals surface area contributed by atoms with Crippen LogP contribution in [0.2, 0.25) is 0 Å². The van der Waals surface area contributed by atoms with E-state index in [4.69, 9.17) is 14.7 Å². The van der Waals surface area contributed by atoms with E-state index in [1.54, 1.807) is 28.0 Å². The molecule has 0 spiro atoms. The predicted octanol–water partition coefficient (Wildman–Crippen LogP) is 3.27. The number of nitrogens with zero attached hydrogens (tertiary/aromatic N) is 5. The number of nitriles is 1. The fraction of sp³-hybridized carbons (Fsp3) is 0.423. The minimum absolute atomic E-state index is 0.0443. The molecule has 1 aromatic heterocycles. The van der Waals surface area contributed by atoms with Gasteiger partial charge in [0.05, 0.1) is 17.7 Å². The highest BCUT2D eigenvalue weighted by Crippen LogP contribution is 2.31. The number of carbonyl (C=O) groups excluding carboxylic acids is 2. The molecule has 2 aromatic carbocycles. The number of likely N-dealkylation sites (tertiary alicyclic amines) is 2. The van der Waals surface area contributed by atoms with Gasteiger partial charge in [0.15, 0.2) is 0 Å². The van der Waals surface area contributed by atoms with Crippen molar-refractivity contribution in [2.45, 2.75) is 33.5 Å². The van der Waals surface area contributed by atoms with Crippen molar-refractivity contribution in [3.8, 4) is 11.8 Å². The molecule has 2 aliphatic heterocycles. The first-order valence-corrected chi connectivity index (χ1v) is 11.9. The fourth-order valence-electron chi connectivity index (χ4n) is 4.55. The lowest BCUT2D eigenvalue weighted by Crippen LogP contribution is -2.33. The number of aromatic nitrogens is 3. The Balaban J connectivity index is 0.000000251. The minimum Gasteiger partial charge on any atom is -0.491 e. The van der Waals surface area contributed by atoms with Crippen LogP contribution in [-0.4, -0.2) is 70.0 Å². The average Bonchev–Trinajstić information content (AvgIpc) is 3.57. The van der Waals surface area contributed by atoms with Gasteiger partial charge in [-0.1, -0.05) is 12.1 Å². The van der Waals surface area contributed by atoms with Crippen molar-refractivity contribution in [3.63, 3.8) is 0 Å². The zero-order valence-corrected chi connectivity index (χ0v) is 20.7. The molecular formula is C26H30N6O4. The zero-order valence-electron chi connectivity index (χ0n) is 20.7. The van der Waals surface area contributed by atoms with E-state index < -0.39 is 0 Å². The Kier molecular flexibility index (Phi) is 7.68. The highest BCUT2D eigenvalue weighted by molar-refractivity contribution is 5.73. The summed E-state index contributed by atoms with van der Waals surface area (Å²) in [6, 6.07) is 13.2. The first kappa shape index (κ1) is 25.0. The van der Waals surface area contributed by atoms with Crippen molar-refractivity contribution >= 4 is 23.5 Å². The number of ether oxygens (including phenoxy) is 2. The lowest BCUT2D eigenvalue weighted by Gasteiger charge is -2.20. The standard InChI is InChI=1S/C19H23N3O4.C7H7N3/c1-13(2)26-18-5-14(6-20)3-4-15(18)11-25-19(24)22-9-16-7-21(12-23)8-17(16)10-22;1-5-2-3-6-7(4-5)9-10-8-6/h3-5,12-13,16-17H,7-11H2,1-2H3;2-4H,1H3,(H,8,9,10). The van der Waals surface area contributed by atoms with Gasteiger partial charge in [-0.15, -0.1) is 0 Å². The molecule has 2 fully saturated rings. The number of hydrogen-bond acceptors (Lipinski definition) is 7. The number of fused-ring (bicyclic) bond motifs is 2. The fourth-order valence-corrected chi connectivity index (χ4v) is 4.55. The Morgan fingerprint density at radius 1 is 1.14 bits per heavy atom. The summed E-state index contributed by atoms with van der Waals surface area (Å²) in [5.74, 6) is 1.23.